The molecule has 2 heteroatoms. The van der Waals surface area contributed by atoms with E-state index in [-0.39, 0.29) is 0 Å². The molecule has 110 valence electrons. The van der Waals surface area contributed by atoms with Gasteiger partial charge in [0.25, 0.3) is 0 Å². The molecule has 18 heavy (non-hydrogen) atoms. The van der Waals surface area contributed by atoms with Crippen molar-refractivity contribution in [3.05, 3.63) is 0 Å². The lowest BCUT2D eigenvalue weighted by Gasteiger charge is -2.26. The van der Waals surface area contributed by atoms with Crippen molar-refractivity contribution >= 4 is 0 Å². The third-order valence-electron chi connectivity index (χ3n) is 3.45. The van der Waals surface area contributed by atoms with Gasteiger partial charge >= 0.3 is 0 Å². The fourth-order valence-electron chi connectivity index (χ4n) is 2.20. The van der Waals surface area contributed by atoms with Gasteiger partial charge in [0, 0.05) is 12.1 Å². The highest BCUT2D eigenvalue weighted by molar-refractivity contribution is 4.64. The minimum Gasteiger partial charge on any atom is -0.315 e. The first-order valence-corrected chi connectivity index (χ1v) is 8.05. The summed E-state index contributed by atoms with van der Waals surface area (Å²) < 4.78 is 0. The van der Waals surface area contributed by atoms with E-state index in [1.54, 1.807) is 0 Å². The Labute approximate surface area is 116 Å². The highest BCUT2D eigenvalue weighted by Gasteiger charge is 2.08. The van der Waals surface area contributed by atoms with Crippen LogP contribution in [0.5, 0.6) is 0 Å². The van der Waals surface area contributed by atoms with Crippen LogP contribution in [0.25, 0.3) is 0 Å². The molecule has 0 spiro atoms. The Kier molecular flexibility index (Phi) is 11.9. The molecule has 2 nitrogen and oxygen atoms in total. The molecular formula is C16H36N2. The van der Waals surface area contributed by atoms with Crippen molar-refractivity contribution < 1.29 is 0 Å². The van der Waals surface area contributed by atoms with Crippen LogP contribution in [0.2, 0.25) is 0 Å². The topological polar surface area (TPSA) is 15.3 Å². The maximum atomic E-state index is 3.49. The summed E-state index contributed by atoms with van der Waals surface area (Å²) in [5.41, 5.74) is 0. The van der Waals surface area contributed by atoms with Crippen LogP contribution in [-0.2, 0) is 0 Å². The Bertz CT molecular complexity index is 166. The fourth-order valence-corrected chi connectivity index (χ4v) is 2.20. The van der Waals surface area contributed by atoms with E-state index < -0.39 is 0 Å². The average molecular weight is 256 g/mol. The molecule has 0 aromatic rings. The molecule has 0 saturated heterocycles. The van der Waals surface area contributed by atoms with Gasteiger partial charge in [0.1, 0.15) is 0 Å². The molecule has 0 radical (unpaired) electrons. The molecule has 0 aliphatic heterocycles. The third kappa shape index (κ3) is 11.0. The summed E-state index contributed by atoms with van der Waals surface area (Å²) in [7, 11) is 0. The van der Waals surface area contributed by atoms with Crippen molar-refractivity contribution in [3.63, 3.8) is 0 Å². The molecular weight excluding hydrogens is 220 g/mol. The van der Waals surface area contributed by atoms with Gasteiger partial charge in [0.05, 0.1) is 0 Å². The van der Waals surface area contributed by atoms with E-state index in [4.69, 9.17) is 0 Å². The first-order valence-electron chi connectivity index (χ1n) is 8.05. The standard InChI is InChI=1S/C16H36N2/c1-6-7-8-10-13-18(16(4)5)14-11-9-12-17-15(2)3/h15-17H,6-14H2,1-5H3. The third-order valence-corrected chi connectivity index (χ3v) is 3.45. The average Bonchev–Trinajstić information content (AvgIpc) is 2.30. The number of hydrogen-bond acceptors (Lipinski definition) is 2. The zero-order chi connectivity index (χ0) is 13.8. The monoisotopic (exact) mass is 256 g/mol. The Morgan fingerprint density at radius 1 is 0.833 bits per heavy atom. The van der Waals surface area contributed by atoms with Crippen LogP contribution in [-0.4, -0.2) is 36.6 Å². The SMILES string of the molecule is CCCCCCN(CCCCNC(C)C)C(C)C. The highest BCUT2D eigenvalue weighted by atomic mass is 15.1. The Hall–Kier alpha value is -0.0800. The molecule has 0 bridgehead atoms. The molecule has 0 saturated carbocycles. The molecule has 0 aromatic heterocycles. The van der Waals surface area contributed by atoms with Crippen LogP contribution >= 0.6 is 0 Å². The van der Waals surface area contributed by atoms with E-state index in [1.165, 1.54) is 58.2 Å². The Morgan fingerprint density at radius 3 is 1.94 bits per heavy atom. The predicted octanol–water partition coefficient (Wildman–Crippen LogP) is 4.06. The van der Waals surface area contributed by atoms with Gasteiger partial charge in [0.15, 0.2) is 0 Å². The zero-order valence-corrected chi connectivity index (χ0v) is 13.5. The van der Waals surface area contributed by atoms with Crippen LogP contribution in [0.3, 0.4) is 0 Å². The van der Waals surface area contributed by atoms with Gasteiger partial charge in [-0.05, 0) is 52.7 Å². The largest absolute Gasteiger partial charge is 0.315 e. The molecule has 0 aliphatic carbocycles. The fraction of sp³-hybridized carbons (Fsp3) is 1.00. The van der Waals surface area contributed by atoms with Crippen molar-refractivity contribution in [2.24, 2.45) is 0 Å². The Balaban J connectivity index is 3.57. The number of hydrogen-bond donors (Lipinski definition) is 1. The predicted molar refractivity (Wildman–Crippen MR) is 83.2 cm³/mol. The second-order valence-electron chi connectivity index (χ2n) is 6.01. The molecule has 0 amide bonds. The second kappa shape index (κ2) is 12.0. The van der Waals surface area contributed by atoms with Gasteiger partial charge in [-0.15, -0.1) is 0 Å². The minimum atomic E-state index is 0.625. The van der Waals surface area contributed by atoms with Gasteiger partial charge < -0.3 is 10.2 Å². The summed E-state index contributed by atoms with van der Waals surface area (Å²) in [6.07, 6.45) is 8.12. The van der Waals surface area contributed by atoms with Crippen molar-refractivity contribution in [1.29, 1.82) is 0 Å². The summed E-state index contributed by atoms with van der Waals surface area (Å²) in [4.78, 5) is 2.64. The Morgan fingerprint density at radius 2 is 1.44 bits per heavy atom. The number of nitrogens with zero attached hydrogens (tertiary/aromatic N) is 1. The number of rotatable bonds is 12. The highest BCUT2D eigenvalue weighted by Crippen LogP contribution is 2.06. The maximum Gasteiger partial charge on any atom is 0.00385 e. The summed E-state index contributed by atoms with van der Waals surface area (Å²) in [6.45, 7) is 15.1. The molecule has 0 aliphatic rings. The quantitative estimate of drug-likeness (QED) is 0.530. The van der Waals surface area contributed by atoms with E-state index >= 15 is 0 Å². The van der Waals surface area contributed by atoms with Gasteiger partial charge in [-0.2, -0.15) is 0 Å². The number of unbranched alkanes of at least 4 members (excludes halogenated alkanes) is 4. The van der Waals surface area contributed by atoms with Crippen molar-refractivity contribution in [1.82, 2.24) is 10.2 Å². The van der Waals surface area contributed by atoms with E-state index in [2.05, 4.69) is 44.8 Å². The first kappa shape index (κ1) is 17.9. The second-order valence-corrected chi connectivity index (χ2v) is 6.01. The minimum absolute atomic E-state index is 0.625. The molecule has 0 rings (SSSR count). The van der Waals surface area contributed by atoms with E-state index in [0.717, 1.165) is 0 Å². The number of nitrogens with one attached hydrogen (secondary N) is 1. The maximum absolute atomic E-state index is 3.49. The smallest absolute Gasteiger partial charge is 0.00385 e. The van der Waals surface area contributed by atoms with Crippen molar-refractivity contribution in [2.75, 3.05) is 19.6 Å². The van der Waals surface area contributed by atoms with Crippen LogP contribution in [0.1, 0.15) is 73.1 Å². The van der Waals surface area contributed by atoms with Crippen molar-refractivity contribution in [2.45, 2.75) is 85.2 Å². The van der Waals surface area contributed by atoms with Crippen LogP contribution in [0.4, 0.5) is 0 Å². The van der Waals surface area contributed by atoms with Gasteiger partial charge in [-0.3, -0.25) is 0 Å². The van der Waals surface area contributed by atoms with Gasteiger partial charge in [-0.25, -0.2) is 0 Å². The molecule has 1 N–H and O–H groups in total. The van der Waals surface area contributed by atoms with Crippen molar-refractivity contribution in [3.8, 4) is 0 Å². The van der Waals surface area contributed by atoms with Crippen LogP contribution in [0.15, 0.2) is 0 Å². The molecule has 0 atom stereocenters. The lowest BCUT2D eigenvalue weighted by Crippen LogP contribution is -2.33. The molecule has 0 fully saturated rings. The van der Waals surface area contributed by atoms with Gasteiger partial charge in [-0.1, -0.05) is 40.0 Å². The van der Waals surface area contributed by atoms with Crippen LogP contribution < -0.4 is 5.32 Å². The van der Waals surface area contributed by atoms with Gasteiger partial charge in [0.2, 0.25) is 0 Å². The molecule has 0 aromatic carbocycles. The van der Waals surface area contributed by atoms with Crippen LogP contribution in [0, 0.1) is 0 Å². The lowest BCUT2D eigenvalue weighted by molar-refractivity contribution is 0.212. The zero-order valence-electron chi connectivity index (χ0n) is 13.5. The summed E-state index contributed by atoms with van der Waals surface area (Å²) in [5, 5.41) is 3.49. The summed E-state index contributed by atoms with van der Waals surface area (Å²) in [5.74, 6) is 0. The summed E-state index contributed by atoms with van der Waals surface area (Å²) >= 11 is 0. The summed E-state index contributed by atoms with van der Waals surface area (Å²) in [6, 6.07) is 1.32. The lowest BCUT2D eigenvalue weighted by atomic mass is 10.1. The first-order chi connectivity index (χ1) is 8.57. The van der Waals surface area contributed by atoms with E-state index in [9.17, 15) is 0 Å². The normalized spacial score (nSPS) is 12.0. The molecule has 0 unspecified atom stereocenters. The van der Waals surface area contributed by atoms with E-state index in [0.29, 0.717) is 12.1 Å². The molecule has 0 heterocycles. The van der Waals surface area contributed by atoms with E-state index in [1.807, 2.05) is 0 Å².